The lowest BCUT2D eigenvalue weighted by Gasteiger charge is -2.18. The van der Waals surface area contributed by atoms with E-state index in [1.54, 1.807) is 30.3 Å². The van der Waals surface area contributed by atoms with Gasteiger partial charge in [0.15, 0.2) is 0 Å². The van der Waals surface area contributed by atoms with Gasteiger partial charge < -0.3 is 10.6 Å². The summed E-state index contributed by atoms with van der Waals surface area (Å²) in [6.07, 6.45) is 0. The third-order valence-corrected chi connectivity index (χ3v) is 3.29. The highest BCUT2D eigenvalue weighted by atomic mass is 32.1. The molecule has 0 aliphatic rings. The smallest absolute Gasteiger partial charge is 0.236 e. The average molecular weight is 265 g/mol. The number of thiophene rings is 1. The van der Waals surface area contributed by atoms with Crippen LogP contribution < -0.4 is 5.73 Å². The van der Waals surface area contributed by atoms with E-state index in [2.05, 4.69) is 11.8 Å². The van der Waals surface area contributed by atoms with E-state index in [1.807, 2.05) is 23.4 Å². The molecule has 1 amide bonds. The van der Waals surface area contributed by atoms with Crippen molar-refractivity contribution in [1.82, 2.24) is 9.80 Å². The van der Waals surface area contributed by atoms with Gasteiger partial charge in [-0.3, -0.25) is 9.69 Å². The van der Waals surface area contributed by atoms with Gasteiger partial charge in [-0.25, -0.2) is 0 Å². The molecule has 0 saturated carbocycles. The number of hydrogen-bond donors (Lipinski definition) is 1. The summed E-state index contributed by atoms with van der Waals surface area (Å²) in [5, 5.41) is 2.01. The number of amides is 1. The van der Waals surface area contributed by atoms with Crippen LogP contribution in [-0.2, 0) is 11.3 Å². The van der Waals surface area contributed by atoms with Crippen molar-refractivity contribution >= 4 is 17.2 Å². The zero-order valence-electron chi connectivity index (χ0n) is 11.1. The van der Waals surface area contributed by atoms with Gasteiger partial charge in [-0.15, -0.1) is 11.3 Å². The van der Waals surface area contributed by atoms with Crippen molar-refractivity contribution in [2.24, 2.45) is 5.73 Å². The molecule has 1 aromatic rings. The molecule has 0 fully saturated rings. The summed E-state index contributed by atoms with van der Waals surface area (Å²) in [6.45, 7) is 1.50. The third kappa shape index (κ3) is 4.49. The van der Waals surface area contributed by atoms with Crippen LogP contribution in [-0.4, -0.2) is 49.9 Å². The molecular formula is C13H19N3OS. The van der Waals surface area contributed by atoms with Gasteiger partial charge in [-0.05, 0) is 18.5 Å². The molecule has 1 rings (SSSR count). The van der Waals surface area contributed by atoms with Crippen LogP contribution >= 0.6 is 11.3 Å². The monoisotopic (exact) mass is 265 g/mol. The lowest BCUT2D eigenvalue weighted by atomic mass is 10.2. The van der Waals surface area contributed by atoms with E-state index >= 15 is 0 Å². The molecule has 98 valence electrons. The van der Waals surface area contributed by atoms with Crippen molar-refractivity contribution in [2.75, 3.05) is 34.2 Å². The molecule has 18 heavy (non-hydrogen) atoms. The molecule has 1 heterocycles. The fraction of sp³-hybridized carbons (Fsp3) is 0.462. The second-order valence-corrected chi connectivity index (χ2v) is 5.22. The van der Waals surface area contributed by atoms with E-state index in [1.165, 1.54) is 4.88 Å². The van der Waals surface area contributed by atoms with Crippen molar-refractivity contribution in [3.63, 3.8) is 0 Å². The predicted molar refractivity (Wildman–Crippen MR) is 75.3 cm³/mol. The average Bonchev–Trinajstić information content (AvgIpc) is 2.73. The van der Waals surface area contributed by atoms with Crippen molar-refractivity contribution in [2.45, 2.75) is 6.54 Å². The summed E-state index contributed by atoms with van der Waals surface area (Å²) in [5.41, 5.74) is 6.37. The highest BCUT2D eigenvalue weighted by molar-refractivity contribution is 7.10. The largest absolute Gasteiger partial charge is 0.348 e. The lowest BCUT2D eigenvalue weighted by Crippen LogP contribution is -2.33. The van der Waals surface area contributed by atoms with E-state index in [9.17, 15) is 4.79 Å². The first kappa shape index (κ1) is 14.7. The zero-order chi connectivity index (χ0) is 13.5. The quantitative estimate of drug-likeness (QED) is 0.810. The van der Waals surface area contributed by atoms with E-state index < -0.39 is 0 Å². The van der Waals surface area contributed by atoms with Gasteiger partial charge in [0.1, 0.15) is 0 Å². The number of carbonyl (C=O) groups excluding carboxylic acids is 1. The number of carbonyl (C=O) groups is 1. The Morgan fingerprint density at radius 2 is 2.17 bits per heavy atom. The fourth-order valence-electron chi connectivity index (χ4n) is 1.39. The molecule has 0 saturated heterocycles. The zero-order valence-corrected chi connectivity index (χ0v) is 11.9. The van der Waals surface area contributed by atoms with Crippen LogP contribution in [0.25, 0.3) is 0 Å². The summed E-state index contributed by atoms with van der Waals surface area (Å²) < 4.78 is 0. The molecule has 5 heteroatoms. The second-order valence-electron chi connectivity index (χ2n) is 4.22. The minimum Gasteiger partial charge on any atom is -0.348 e. The van der Waals surface area contributed by atoms with Crippen LogP contribution in [0.1, 0.15) is 10.4 Å². The summed E-state index contributed by atoms with van der Waals surface area (Å²) in [7, 11) is 5.46. The van der Waals surface area contributed by atoms with Gasteiger partial charge in [0.25, 0.3) is 0 Å². The van der Waals surface area contributed by atoms with Crippen LogP contribution in [0.5, 0.6) is 0 Å². The Morgan fingerprint density at radius 3 is 2.78 bits per heavy atom. The van der Waals surface area contributed by atoms with Crippen molar-refractivity contribution < 1.29 is 4.79 Å². The summed E-state index contributed by atoms with van der Waals surface area (Å²) in [5.74, 6) is 6.00. The molecule has 0 aliphatic carbocycles. The third-order valence-electron chi connectivity index (χ3n) is 2.39. The van der Waals surface area contributed by atoms with Gasteiger partial charge in [0.2, 0.25) is 5.91 Å². The van der Waals surface area contributed by atoms with Gasteiger partial charge in [-0.2, -0.15) is 0 Å². The highest BCUT2D eigenvalue weighted by Gasteiger charge is 2.11. The second kappa shape index (κ2) is 7.17. The van der Waals surface area contributed by atoms with E-state index in [-0.39, 0.29) is 5.91 Å². The number of nitrogens with zero attached hydrogens (tertiary/aromatic N) is 2. The first-order valence-electron chi connectivity index (χ1n) is 5.68. The van der Waals surface area contributed by atoms with Crippen LogP contribution in [0.3, 0.4) is 0 Å². The Kier molecular flexibility index (Phi) is 5.86. The van der Waals surface area contributed by atoms with Crippen LogP contribution in [0.4, 0.5) is 0 Å². The maximum Gasteiger partial charge on any atom is 0.236 e. The Morgan fingerprint density at radius 1 is 1.44 bits per heavy atom. The molecule has 0 aromatic carbocycles. The maximum absolute atomic E-state index is 11.6. The van der Waals surface area contributed by atoms with Gasteiger partial charge in [0.05, 0.1) is 13.1 Å². The van der Waals surface area contributed by atoms with Gasteiger partial charge in [-0.1, -0.05) is 11.8 Å². The number of nitrogens with two attached hydrogens (primary N) is 1. The first-order chi connectivity index (χ1) is 8.54. The summed E-state index contributed by atoms with van der Waals surface area (Å²) in [4.78, 5) is 16.3. The number of likely N-dealkylation sites (N-methyl/N-ethyl adjacent to an activating group) is 2. The van der Waals surface area contributed by atoms with Gasteiger partial charge >= 0.3 is 0 Å². The van der Waals surface area contributed by atoms with Crippen molar-refractivity contribution in [1.29, 1.82) is 0 Å². The van der Waals surface area contributed by atoms with Crippen LogP contribution in [0, 0.1) is 11.8 Å². The Balaban J connectivity index is 2.62. The van der Waals surface area contributed by atoms with Gasteiger partial charge in [0, 0.05) is 31.1 Å². The molecule has 0 atom stereocenters. The lowest BCUT2D eigenvalue weighted by molar-refractivity contribution is -0.129. The van der Waals surface area contributed by atoms with E-state index in [0.29, 0.717) is 13.1 Å². The summed E-state index contributed by atoms with van der Waals surface area (Å²) >= 11 is 1.65. The van der Waals surface area contributed by atoms with Crippen LogP contribution in [0.2, 0.25) is 0 Å². The predicted octanol–water partition coefficient (Wildman–Crippen LogP) is 0.578. The number of hydrogen-bond acceptors (Lipinski definition) is 4. The van der Waals surface area contributed by atoms with E-state index in [0.717, 1.165) is 12.1 Å². The SMILES string of the molecule is CN(CC(=O)N(C)C)Cc1sccc1C#CCN. The highest BCUT2D eigenvalue weighted by Crippen LogP contribution is 2.17. The van der Waals surface area contributed by atoms with Crippen molar-refractivity contribution in [3.8, 4) is 11.8 Å². The molecule has 0 spiro atoms. The van der Waals surface area contributed by atoms with Crippen molar-refractivity contribution in [3.05, 3.63) is 21.9 Å². The Bertz CT molecular complexity index is 456. The molecule has 0 unspecified atom stereocenters. The summed E-state index contributed by atoms with van der Waals surface area (Å²) in [6, 6.07) is 1.99. The molecule has 0 aliphatic heterocycles. The minimum atomic E-state index is 0.101. The standard InChI is InChI=1S/C13H19N3OS/c1-15(2)13(17)10-16(3)9-12-11(5-4-7-14)6-8-18-12/h6,8H,7,9-10,14H2,1-3H3. The number of rotatable bonds is 4. The first-order valence-corrected chi connectivity index (χ1v) is 6.56. The Hall–Kier alpha value is -1.35. The molecule has 0 bridgehead atoms. The molecule has 0 radical (unpaired) electrons. The normalized spacial score (nSPS) is 10.1. The van der Waals surface area contributed by atoms with E-state index in [4.69, 9.17) is 5.73 Å². The topological polar surface area (TPSA) is 49.6 Å². The molecule has 2 N–H and O–H groups in total. The molecule has 1 aromatic heterocycles. The molecule has 4 nitrogen and oxygen atoms in total. The fourth-order valence-corrected chi connectivity index (χ4v) is 2.30. The maximum atomic E-state index is 11.6. The Labute approximate surface area is 112 Å². The minimum absolute atomic E-state index is 0.101. The van der Waals surface area contributed by atoms with Crippen LogP contribution in [0.15, 0.2) is 11.4 Å². The molecular weight excluding hydrogens is 246 g/mol.